The van der Waals surface area contributed by atoms with Crippen LogP contribution in [0.15, 0.2) is 48.5 Å². The second kappa shape index (κ2) is 7.66. The molecule has 2 aromatic heterocycles. The van der Waals surface area contributed by atoms with Crippen LogP contribution in [-0.4, -0.2) is 21.1 Å². The van der Waals surface area contributed by atoms with Crippen molar-refractivity contribution in [2.24, 2.45) is 0 Å². The van der Waals surface area contributed by atoms with Gasteiger partial charge in [-0.15, -0.1) is 10.2 Å². The number of carbonyl (C=O) groups excluding carboxylic acids is 1. The van der Waals surface area contributed by atoms with Crippen molar-refractivity contribution in [1.82, 2.24) is 20.5 Å². The molecule has 0 saturated heterocycles. The molecular formula is C21H16N6OS. The van der Waals surface area contributed by atoms with Gasteiger partial charge in [0.2, 0.25) is 5.13 Å². The molecule has 2 aromatic carbocycles. The van der Waals surface area contributed by atoms with E-state index in [-0.39, 0.29) is 12.5 Å². The molecule has 0 aliphatic carbocycles. The Morgan fingerprint density at radius 1 is 1.17 bits per heavy atom. The van der Waals surface area contributed by atoms with Crippen LogP contribution in [0.5, 0.6) is 0 Å². The summed E-state index contributed by atoms with van der Waals surface area (Å²) in [5, 5.41) is 22.0. The van der Waals surface area contributed by atoms with E-state index in [1.807, 2.05) is 31.2 Å². The van der Waals surface area contributed by atoms with Gasteiger partial charge in [-0.3, -0.25) is 4.79 Å². The fourth-order valence-corrected chi connectivity index (χ4v) is 3.65. The minimum absolute atomic E-state index is 0.228. The second-order valence-electron chi connectivity index (χ2n) is 6.38. The zero-order chi connectivity index (χ0) is 20.4. The summed E-state index contributed by atoms with van der Waals surface area (Å²) in [6.45, 7) is 2.19. The zero-order valence-electron chi connectivity index (χ0n) is 15.5. The van der Waals surface area contributed by atoms with Crippen molar-refractivity contribution >= 4 is 33.3 Å². The second-order valence-corrected chi connectivity index (χ2v) is 7.48. The van der Waals surface area contributed by atoms with Gasteiger partial charge in [-0.1, -0.05) is 41.7 Å². The lowest BCUT2D eigenvalue weighted by Crippen LogP contribution is -2.22. The first-order valence-corrected chi connectivity index (χ1v) is 9.64. The molecule has 8 heteroatoms. The van der Waals surface area contributed by atoms with Crippen LogP contribution in [-0.2, 0) is 6.54 Å². The molecule has 142 valence electrons. The number of rotatable bonds is 4. The number of carbonyl (C=O) groups is 1. The maximum Gasteiger partial charge on any atom is 0.251 e. The van der Waals surface area contributed by atoms with Crippen LogP contribution >= 0.6 is 11.3 Å². The lowest BCUT2D eigenvalue weighted by molar-refractivity contribution is 0.0951. The Bertz CT molecular complexity index is 1260. The number of nitrogens with one attached hydrogen (secondary N) is 1. The molecule has 4 rings (SSSR count). The first-order chi connectivity index (χ1) is 14.1. The lowest BCUT2D eigenvalue weighted by Gasteiger charge is -2.10. The predicted octanol–water partition coefficient (Wildman–Crippen LogP) is 3.45. The predicted molar refractivity (Wildman–Crippen MR) is 112 cm³/mol. The van der Waals surface area contributed by atoms with Crippen LogP contribution in [0.1, 0.15) is 26.5 Å². The number of hydrogen-bond acceptors (Lipinski definition) is 7. The number of nitrogen functional groups attached to an aromatic ring is 1. The summed E-state index contributed by atoms with van der Waals surface area (Å²) in [7, 11) is 0. The first-order valence-electron chi connectivity index (χ1n) is 8.82. The third-order valence-electron chi connectivity index (χ3n) is 4.57. The highest BCUT2D eigenvalue weighted by Crippen LogP contribution is 2.29. The molecule has 29 heavy (non-hydrogen) atoms. The van der Waals surface area contributed by atoms with Crippen LogP contribution < -0.4 is 11.1 Å². The number of nitrogens with two attached hydrogens (primary N) is 1. The number of nitriles is 1. The van der Waals surface area contributed by atoms with E-state index in [2.05, 4.69) is 26.6 Å². The average Bonchev–Trinajstić information content (AvgIpc) is 3.17. The van der Waals surface area contributed by atoms with E-state index in [1.165, 1.54) is 11.3 Å². The summed E-state index contributed by atoms with van der Waals surface area (Å²) in [6.07, 6.45) is 0. The standard InChI is InChI=1S/C21H16N6OS/c1-12-15-4-2-3-5-17(15)25-19(16(12)10-22)13-6-8-14(9-7-13)20(28)24-11-18-26-27-21(23)29-18/h2-9H,11H2,1H3,(H2,23,27)(H,24,28). The van der Waals surface area contributed by atoms with E-state index in [1.54, 1.807) is 24.3 Å². The summed E-state index contributed by atoms with van der Waals surface area (Å²) in [6, 6.07) is 17.0. The number of anilines is 1. The van der Waals surface area contributed by atoms with Crippen molar-refractivity contribution < 1.29 is 4.79 Å². The minimum atomic E-state index is -0.228. The van der Waals surface area contributed by atoms with Crippen molar-refractivity contribution in [2.45, 2.75) is 13.5 Å². The quantitative estimate of drug-likeness (QED) is 0.542. The van der Waals surface area contributed by atoms with Crippen LogP contribution in [0.3, 0.4) is 0 Å². The molecule has 0 atom stereocenters. The van der Waals surface area contributed by atoms with Crippen molar-refractivity contribution in [2.75, 3.05) is 5.73 Å². The number of amides is 1. The molecule has 0 aliphatic heterocycles. The van der Waals surface area contributed by atoms with Crippen molar-refractivity contribution in [3.8, 4) is 17.3 Å². The monoisotopic (exact) mass is 400 g/mol. The van der Waals surface area contributed by atoms with Crippen molar-refractivity contribution in [3.05, 3.63) is 70.2 Å². The number of pyridine rings is 1. The largest absolute Gasteiger partial charge is 0.374 e. The number of aryl methyl sites for hydroxylation is 1. The van der Waals surface area contributed by atoms with Gasteiger partial charge in [0.05, 0.1) is 23.3 Å². The van der Waals surface area contributed by atoms with E-state index >= 15 is 0 Å². The van der Waals surface area contributed by atoms with Gasteiger partial charge < -0.3 is 11.1 Å². The smallest absolute Gasteiger partial charge is 0.251 e. The van der Waals surface area contributed by atoms with E-state index in [0.29, 0.717) is 27.0 Å². The highest BCUT2D eigenvalue weighted by molar-refractivity contribution is 7.15. The molecule has 0 spiro atoms. The summed E-state index contributed by atoms with van der Waals surface area (Å²) in [5.41, 5.74) is 9.70. The van der Waals surface area contributed by atoms with E-state index in [4.69, 9.17) is 5.73 Å². The molecule has 3 N–H and O–H groups in total. The zero-order valence-corrected chi connectivity index (χ0v) is 16.3. The Kier molecular flexibility index (Phi) is 4.89. The Hall–Kier alpha value is -3.83. The van der Waals surface area contributed by atoms with Gasteiger partial charge in [0.25, 0.3) is 5.91 Å². The van der Waals surface area contributed by atoms with Gasteiger partial charge in [-0.25, -0.2) is 4.98 Å². The van der Waals surface area contributed by atoms with Gasteiger partial charge in [0.15, 0.2) is 0 Å². The highest BCUT2D eigenvalue weighted by Gasteiger charge is 2.14. The summed E-state index contributed by atoms with van der Waals surface area (Å²) < 4.78 is 0. The SMILES string of the molecule is Cc1c(C#N)c(-c2ccc(C(=O)NCc3nnc(N)s3)cc2)nc2ccccc12. The Morgan fingerprint density at radius 3 is 2.62 bits per heavy atom. The van der Waals surface area contributed by atoms with Gasteiger partial charge in [-0.05, 0) is 30.7 Å². The van der Waals surface area contributed by atoms with Gasteiger partial charge in [0, 0.05) is 16.5 Å². The van der Waals surface area contributed by atoms with Gasteiger partial charge in [-0.2, -0.15) is 5.26 Å². The van der Waals surface area contributed by atoms with Crippen LogP contribution in [0, 0.1) is 18.3 Å². The summed E-state index contributed by atoms with van der Waals surface area (Å²) >= 11 is 1.23. The molecule has 0 unspecified atom stereocenters. The lowest BCUT2D eigenvalue weighted by atomic mass is 9.98. The molecule has 0 fully saturated rings. The van der Waals surface area contributed by atoms with Gasteiger partial charge >= 0.3 is 0 Å². The molecule has 0 radical (unpaired) electrons. The van der Waals surface area contributed by atoms with Crippen LogP contribution in [0.4, 0.5) is 5.13 Å². The minimum Gasteiger partial charge on any atom is -0.374 e. The summed E-state index contributed by atoms with van der Waals surface area (Å²) in [5.74, 6) is -0.228. The van der Waals surface area contributed by atoms with E-state index in [9.17, 15) is 10.1 Å². The maximum absolute atomic E-state index is 12.4. The Morgan fingerprint density at radius 2 is 1.93 bits per heavy atom. The fraction of sp³-hybridized carbons (Fsp3) is 0.0952. The number of benzene rings is 2. The topological polar surface area (TPSA) is 118 Å². The number of para-hydroxylation sites is 1. The average molecular weight is 400 g/mol. The molecule has 0 aliphatic rings. The molecule has 2 heterocycles. The molecular weight excluding hydrogens is 384 g/mol. The number of nitrogens with zero attached hydrogens (tertiary/aromatic N) is 4. The van der Waals surface area contributed by atoms with E-state index < -0.39 is 0 Å². The first kappa shape index (κ1) is 18.5. The Balaban J connectivity index is 1.61. The number of aromatic nitrogens is 3. The molecule has 7 nitrogen and oxygen atoms in total. The summed E-state index contributed by atoms with van der Waals surface area (Å²) in [4.78, 5) is 17.1. The fourth-order valence-electron chi connectivity index (χ4n) is 3.10. The Labute approximate surface area is 170 Å². The molecule has 0 saturated carbocycles. The third kappa shape index (κ3) is 3.63. The molecule has 0 bridgehead atoms. The third-order valence-corrected chi connectivity index (χ3v) is 5.32. The van der Waals surface area contributed by atoms with Crippen LogP contribution in [0.2, 0.25) is 0 Å². The van der Waals surface area contributed by atoms with Crippen molar-refractivity contribution in [3.63, 3.8) is 0 Å². The molecule has 1 amide bonds. The molecule has 4 aromatic rings. The number of fused-ring (bicyclic) bond motifs is 1. The van der Waals surface area contributed by atoms with E-state index in [0.717, 1.165) is 22.0 Å². The highest BCUT2D eigenvalue weighted by atomic mass is 32.1. The number of hydrogen-bond donors (Lipinski definition) is 2. The van der Waals surface area contributed by atoms with Crippen molar-refractivity contribution in [1.29, 1.82) is 5.26 Å². The van der Waals surface area contributed by atoms with Gasteiger partial charge in [0.1, 0.15) is 11.1 Å². The van der Waals surface area contributed by atoms with Crippen LogP contribution in [0.25, 0.3) is 22.2 Å². The normalized spacial score (nSPS) is 10.6. The maximum atomic E-state index is 12.4.